The predicted molar refractivity (Wildman–Crippen MR) is 73.4 cm³/mol. The van der Waals surface area contributed by atoms with Gasteiger partial charge < -0.3 is 10.1 Å². The minimum absolute atomic E-state index is 0.0100. The first-order valence-electron chi connectivity index (χ1n) is 6.58. The number of halogens is 2. The molecular formula is C15H16F2N2O3. The molecule has 0 aromatic heterocycles. The number of rotatable bonds is 6. The molecule has 0 unspecified atom stereocenters. The average molecular weight is 310 g/mol. The second kappa shape index (κ2) is 8.08. The Morgan fingerprint density at radius 2 is 2.09 bits per heavy atom. The van der Waals surface area contributed by atoms with Crippen LogP contribution >= 0.6 is 0 Å². The van der Waals surface area contributed by atoms with Crippen LogP contribution < -0.4 is 5.32 Å². The molecule has 2 atom stereocenters. The van der Waals surface area contributed by atoms with Gasteiger partial charge in [0.2, 0.25) is 5.91 Å². The molecule has 0 aliphatic rings. The van der Waals surface area contributed by atoms with Gasteiger partial charge in [0.05, 0.1) is 19.6 Å². The standard InChI is InChI=1S/C15H16F2N2O3/c1-9(8-18)5-13(15(21)22-2)19-14(20)6-10-3-4-11(16)7-12(10)17/h3-4,7,9,13H,5-6H2,1-2H3,(H,19,20)/t9-,13-/m1/s1. The van der Waals surface area contributed by atoms with E-state index in [1.165, 1.54) is 0 Å². The minimum Gasteiger partial charge on any atom is -0.467 e. The molecule has 118 valence electrons. The van der Waals surface area contributed by atoms with Crippen LogP contribution in [0.4, 0.5) is 8.78 Å². The molecule has 0 aliphatic carbocycles. The number of nitrogens with zero attached hydrogens (tertiary/aromatic N) is 1. The molecule has 5 nitrogen and oxygen atoms in total. The topological polar surface area (TPSA) is 79.2 Å². The van der Waals surface area contributed by atoms with E-state index in [1.54, 1.807) is 6.92 Å². The van der Waals surface area contributed by atoms with Crippen LogP contribution in [0.1, 0.15) is 18.9 Å². The van der Waals surface area contributed by atoms with Gasteiger partial charge in [0.15, 0.2) is 0 Å². The maximum absolute atomic E-state index is 13.5. The molecule has 1 amide bonds. The van der Waals surface area contributed by atoms with Crippen molar-refractivity contribution in [2.45, 2.75) is 25.8 Å². The van der Waals surface area contributed by atoms with Gasteiger partial charge >= 0.3 is 5.97 Å². The average Bonchev–Trinajstić information content (AvgIpc) is 2.48. The highest BCUT2D eigenvalue weighted by molar-refractivity contribution is 5.85. The first-order valence-corrected chi connectivity index (χ1v) is 6.58. The van der Waals surface area contributed by atoms with Gasteiger partial charge in [0.25, 0.3) is 0 Å². The number of ether oxygens (including phenoxy) is 1. The molecule has 1 aromatic rings. The Labute approximate surface area is 126 Å². The van der Waals surface area contributed by atoms with Gasteiger partial charge in [-0.25, -0.2) is 13.6 Å². The van der Waals surface area contributed by atoms with Crippen molar-refractivity contribution in [2.75, 3.05) is 7.11 Å². The maximum Gasteiger partial charge on any atom is 0.328 e. The number of hydrogen-bond donors (Lipinski definition) is 1. The third-order valence-corrected chi connectivity index (χ3v) is 3.00. The minimum atomic E-state index is -0.990. The Morgan fingerprint density at radius 3 is 2.64 bits per heavy atom. The summed E-state index contributed by atoms with van der Waals surface area (Å²) in [5.41, 5.74) is 0.0100. The van der Waals surface area contributed by atoms with E-state index in [-0.39, 0.29) is 18.4 Å². The zero-order valence-electron chi connectivity index (χ0n) is 12.2. The summed E-state index contributed by atoms with van der Waals surface area (Å²) in [6.45, 7) is 1.60. The van der Waals surface area contributed by atoms with Gasteiger partial charge in [0, 0.05) is 12.0 Å². The molecule has 1 aromatic carbocycles. The summed E-state index contributed by atoms with van der Waals surface area (Å²) in [7, 11) is 1.16. The van der Waals surface area contributed by atoms with Gasteiger partial charge in [-0.05, 0) is 25.0 Å². The van der Waals surface area contributed by atoms with Gasteiger partial charge in [-0.3, -0.25) is 4.79 Å². The van der Waals surface area contributed by atoms with Crippen LogP contribution in [0.5, 0.6) is 0 Å². The van der Waals surface area contributed by atoms with Crippen molar-refractivity contribution >= 4 is 11.9 Å². The highest BCUT2D eigenvalue weighted by Crippen LogP contribution is 2.11. The van der Waals surface area contributed by atoms with E-state index >= 15 is 0 Å². The lowest BCUT2D eigenvalue weighted by Gasteiger charge is -2.17. The second-order valence-electron chi connectivity index (χ2n) is 4.82. The normalized spacial score (nSPS) is 12.9. The zero-order valence-corrected chi connectivity index (χ0v) is 12.2. The highest BCUT2D eigenvalue weighted by Gasteiger charge is 2.24. The summed E-state index contributed by atoms with van der Waals surface area (Å²) < 4.78 is 30.8. The quantitative estimate of drug-likeness (QED) is 0.811. The van der Waals surface area contributed by atoms with E-state index in [4.69, 9.17) is 5.26 Å². The van der Waals surface area contributed by atoms with Crippen molar-refractivity contribution in [3.05, 3.63) is 35.4 Å². The number of carbonyl (C=O) groups is 2. The third-order valence-electron chi connectivity index (χ3n) is 3.00. The van der Waals surface area contributed by atoms with Crippen molar-refractivity contribution in [3.8, 4) is 6.07 Å². The van der Waals surface area contributed by atoms with E-state index in [9.17, 15) is 18.4 Å². The molecule has 0 heterocycles. The van der Waals surface area contributed by atoms with Crippen LogP contribution in [-0.2, 0) is 20.7 Å². The molecular weight excluding hydrogens is 294 g/mol. The Hall–Kier alpha value is -2.49. The summed E-state index contributed by atoms with van der Waals surface area (Å²) in [5.74, 6) is -3.35. The van der Waals surface area contributed by atoms with Gasteiger partial charge in [-0.1, -0.05) is 6.07 Å². The number of amides is 1. The van der Waals surface area contributed by atoms with E-state index in [0.29, 0.717) is 6.07 Å². The largest absolute Gasteiger partial charge is 0.467 e. The van der Waals surface area contributed by atoms with Crippen LogP contribution in [0.2, 0.25) is 0 Å². The Balaban J connectivity index is 2.74. The number of hydrogen-bond acceptors (Lipinski definition) is 4. The first kappa shape index (κ1) is 17.6. The van der Waals surface area contributed by atoms with E-state index < -0.39 is 35.5 Å². The summed E-state index contributed by atoms with van der Waals surface area (Å²) >= 11 is 0. The van der Waals surface area contributed by atoms with Crippen molar-refractivity contribution < 1.29 is 23.1 Å². The van der Waals surface area contributed by atoms with Crippen LogP contribution in [0.25, 0.3) is 0 Å². The van der Waals surface area contributed by atoms with Crippen LogP contribution in [0.15, 0.2) is 18.2 Å². The smallest absolute Gasteiger partial charge is 0.328 e. The Bertz CT molecular complexity index is 599. The molecule has 22 heavy (non-hydrogen) atoms. The fourth-order valence-electron chi connectivity index (χ4n) is 1.85. The van der Waals surface area contributed by atoms with Crippen LogP contribution in [0, 0.1) is 28.9 Å². The van der Waals surface area contributed by atoms with E-state index in [2.05, 4.69) is 10.1 Å². The second-order valence-corrected chi connectivity index (χ2v) is 4.82. The summed E-state index contributed by atoms with van der Waals surface area (Å²) in [6.07, 6.45) is -0.263. The number of nitrogens with one attached hydrogen (secondary N) is 1. The third kappa shape index (κ3) is 5.13. The van der Waals surface area contributed by atoms with Crippen molar-refractivity contribution in [2.24, 2.45) is 5.92 Å². The summed E-state index contributed by atoms with van der Waals surface area (Å²) in [4.78, 5) is 23.5. The van der Waals surface area contributed by atoms with Gasteiger partial charge in [0.1, 0.15) is 17.7 Å². The number of carbonyl (C=O) groups excluding carboxylic acids is 2. The SMILES string of the molecule is COC(=O)[C@@H](C[C@@H](C)C#N)NC(=O)Cc1ccc(F)cc1F. The zero-order chi connectivity index (χ0) is 16.7. The molecule has 0 radical (unpaired) electrons. The fraction of sp³-hybridized carbons (Fsp3) is 0.400. The summed E-state index contributed by atoms with van der Waals surface area (Å²) in [5, 5.41) is 11.2. The number of benzene rings is 1. The van der Waals surface area contributed by atoms with Crippen LogP contribution in [-0.4, -0.2) is 25.0 Å². The molecule has 0 fully saturated rings. The highest BCUT2D eigenvalue weighted by atomic mass is 19.1. The molecule has 7 heteroatoms. The van der Waals surface area contributed by atoms with E-state index in [1.807, 2.05) is 6.07 Å². The molecule has 0 spiro atoms. The molecule has 1 N–H and O–H groups in total. The molecule has 0 saturated heterocycles. The van der Waals surface area contributed by atoms with Gasteiger partial charge in [-0.2, -0.15) is 5.26 Å². The lowest BCUT2D eigenvalue weighted by atomic mass is 10.0. The van der Waals surface area contributed by atoms with Crippen molar-refractivity contribution in [1.29, 1.82) is 5.26 Å². The van der Waals surface area contributed by atoms with Crippen molar-refractivity contribution in [3.63, 3.8) is 0 Å². The molecule has 1 rings (SSSR count). The number of nitriles is 1. The van der Waals surface area contributed by atoms with Crippen molar-refractivity contribution in [1.82, 2.24) is 5.32 Å². The molecule has 0 aliphatic heterocycles. The molecule has 0 bridgehead atoms. The van der Waals surface area contributed by atoms with Gasteiger partial charge in [-0.15, -0.1) is 0 Å². The molecule has 0 saturated carbocycles. The maximum atomic E-state index is 13.5. The number of methoxy groups -OCH3 is 1. The Morgan fingerprint density at radius 1 is 1.41 bits per heavy atom. The monoisotopic (exact) mass is 310 g/mol. The Kier molecular flexibility index (Phi) is 6.45. The van der Waals surface area contributed by atoms with Crippen LogP contribution in [0.3, 0.4) is 0 Å². The first-order chi connectivity index (χ1) is 10.4. The summed E-state index contributed by atoms with van der Waals surface area (Å²) in [6, 6.07) is 3.85. The van der Waals surface area contributed by atoms with E-state index in [0.717, 1.165) is 19.2 Å². The lowest BCUT2D eigenvalue weighted by molar-refractivity contribution is -0.145. The number of esters is 1. The fourth-order valence-corrected chi connectivity index (χ4v) is 1.85. The lowest BCUT2D eigenvalue weighted by Crippen LogP contribution is -2.43. The predicted octanol–water partition coefficient (Wildman–Crippen LogP) is 1.71.